The molecule has 0 amide bonds. The van der Waals surface area contributed by atoms with Gasteiger partial charge in [0.1, 0.15) is 0 Å². The van der Waals surface area contributed by atoms with Gasteiger partial charge in [-0.15, -0.1) is 5.10 Å². The smallest absolute Gasteiger partial charge is 0.157 e. The van der Waals surface area contributed by atoms with Crippen LogP contribution in [0.2, 0.25) is 0 Å². The average Bonchev–Trinajstić information content (AvgIpc) is 2.98. The van der Waals surface area contributed by atoms with Crippen molar-refractivity contribution in [3.8, 4) is 5.69 Å². The number of rotatable bonds is 4. The number of aliphatic hydroxyl groups excluding tert-OH is 1. The van der Waals surface area contributed by atoms with Crippen LogP contribution in [0.5, 0.6) is 0 Å². The lowest BCUT2D eigenvalue weighted by atomic mass is 9.69. The molecule has 0 aliphatic heterocycles. The van der Waals surface area contributed by atoms with Crippen molar-refractivity contribution in [2.24, 2.45) is 11.1 Å². The quantitative estimate of drug-likeness (QED) is 0.878. The second-order valence-corrected chi connectivity index (χ2v) is 5.85. The van der Waals surface area contributed by atoms with E-state index in [4.69, 9.17) is 5.73 Å². The second-order valence-electron chi connectivity index (χ2n) is 5.85. The fraction of sp³-hybridized carbons (Fsp3) is 0.533. The Hall–Kier alpha value is -1.79. The zero-order valence-electron chi connectivity index (χ0n) is 12.0. The minimum Gasteiger partial charge on any atom is -0.392 e. The molecule has 0 bridgehead atoms. The molecule has 0 spiro atoms. The molecular formula is C15H21N5O. The van der Waals surface area contributed by atoms with Crippen molar-refractivity contribution in [3.05, 3.63) is 36.2 Å². The Bertz CT molecular complexity index is 585. The molecular weight excluding hydrogens is 266 g/mol. The molecule has 1 saturated carbocycles. The Labute approximate surface area is 124 Å². The maximum atomic E-state index is 10.4. The lowest BCUT2D eigenvalue weighted by Crippen LogP contribution is -2.46. The fourth-order valence-electron chi connectivity index (χ4n) is 3.20. The van der Waals surface area contributed by atoms with Crippen molar-refractivity contribution in [2.45, 2.75) is 38.2 Å². The second kappa shape index (κ2) is 5.91. The van der Waals surface area contributed by atoms with Crippen molar-refractivity contribution >= 4 is 0 Å². The molecule has 21 heavy (non-hydrogen) atoms. The Morgan fingerprint density at radius 3 is 2.81 bits per heavy atom. The summed E-state index contributed by atoms with van der Waals surface area (Å²) in [5.74, 6) is 0.757. The molecule has 1 aromatic carbocycles. The van der Waals surface area contributed by atoms with Crippen molar-refractivity contribution in [2.75, 3.05) is 6.54 Å². The van der Waals surface area contributed by atoms with Crippen molar-refractivity contribution in [1.29, 1.82) is 0 Å². The highest BCUT2D eigenvalue weighted by Gasteiger charge is 2.40. The highest BCUT2D eigenvalue weighted by Crippen LogP contribution is 2.38. The van der Waals surface area contributed by atoms with Crippen LogP contribution < -0.4 is 5.73 Å². The summed E-state index contributed by atoms with van der Waals surface area (Å²) in [7, 11) is 0. The van der Waals surface area contributed by atoms with Gasteiger partial charge in [0, 0.05) is 18.4 Å². The van der Waals surface area contributed by atoms with E-state index in [-0.39, 0.29) is 11.5 Å². The van der Waals surface area contributed by atoms with Crippen LogP contribution in [0, 0.1) is 5.41 Å². The number of aromatic nitrogens is 4. The van der Waals surface area contributed by atoms with Gasteiger partial charge in [-0.2, -0.15) is 4.68 Å². The van der Waals surface area contributed by atoms with Gasteiger partial charge in [0.15, 0.2) is 5.82 Å². The molecule has 1 aliphatic carbocycles. The van der Waals surface area contributed by atoms with Gasteiger partial charge in [0.05, 0.1) is 11.8 Å². The maximum absolute atomic E-state index is 10.4. The zero-order chi connectivity index (χ0) is 14.7. The lowest BCUT2D eigenvalue weighted by Gasteiger charge is -2.40. The first-order chi connectivity index (χ1) is 10.2. The molecule has 2 atom stereocenters. The summed E-state index contributed by atoms with van der Waals surface area (Å²) in [5, 5.41) is 22.4. The van der Waals surface area contributed by atoms with E-state index in [1.807, 2.05) is 30.3 Å². The highest BCUT2D eigenvalue weighted by molar-refractivity contribution is 5.30. The SMILES string of the molecule is NCC1(Cc2nnnn2-c2ccccc2)CCCCC1O. The van der Waals surface area contributed by atoms with Gasteiger partial charge in [-0.3, -0.25) is 0 Å². The van der Waals surface area contributed by atoms with Gasteiger partial charge in [-0.05, 0) is 35.4 Å². The topological polar surface area (TPSA) is 89.9 Å². The molecule has 1 aromatic heterocycles. The Morgan fingerprint density at radius 2 is 2.10 bits per heavy atom. The number of hydrogen-bond acceptors (Lipinski definition) is 5. The Kier molecular flexibility index (Phi) is 3.98. The minimum absolute atomic E-state index is 0.306. The predicted molar refractivity (Wildman–Crippen MR) is 78.8 cm³/mol. The number of aliphatic hydroxyl groups is 1. The number of para-hydroxylation sites is 1. The summed E-state index contributed by atoms with van der Waals surface area (Å²) in [6.45, 7) is 0.454. The molecule has 6 heteroatoms. The summed E-state index contributed by atoms with van der Waals surface area (Å²) in [4.78, 5) is 0. The van der Waals surface area contributed by atoms with Crippen LogP contribution in [0.3, 0.4) is 0 Å². The van der Waals surface area contributed by atoms with Gasteiger partial charge in [-0.25, -0.2) is 0 Å². The largest absolute Gasteiger partial charge is 0.392 e. The fourth-order valence-corrected chi connectivity index (χ4v) is 3.20. The van der Waals surface area contributed by atoms with Gasteiger partial charge in [0.25, 0.3) is 0 Å². The van der Waals surface area contributed by atoms with Crippen LogP contribution >= 0.6 is 0 Å². The summed E-state index contributed by atoms with van der Waals surface area (Å²) < 4.78 is 1.73. The lowest BCUT2D eigenvalue weighted by molar-refractivity contribution is -0.00742. The van der Waals surface area contributed by atoms with E-state index in [9.17, 15) is 5.11 Å². The summed E-state index contributed by atoms with van der Waals surface area (Å²) in [5.41, 5.74) is 6.62. The van der Waals surface area contributed by atoms with Crippen molar-refractivity contribution in [3.63, 3.8) is 0 Å². The number of nitrogens with zero attached hydrogens (tertiary/aromatic N) is 4. The maximum Gasteiger partial charge on any atom is 0.157 e. The van der Waals surface area contributed by atoms with E-state index in [1.165, 1.54) is 0 Å². The number of hydrogen-bond donors (Lipinski definition) is 2. The van der Waals surface area contributed by atoms with Crippen LogP contribution in [0.1, 0.15) is 31.5 Å². The molecule has 0 saturated heterocycles. The van der Waals surface area contributed by atoms with E-state index in [2.05, 4.69) is 15.5 Å². The molecule has 1 heterocycles. The monoisotopic (exact) mass is 287 g/mol. The molecule has 2 unspecified atom stereocenters. The third-order valence-corrected chi connectivity index (χ3v) is 4.56. The zero-order valence-corrected chi connectivity index (χ0v) is 12.0. The van der Waals surface area contributed by atoms with Crippen LogP contribution in [-0.4, -0.2) is 38.0 Å². The molecule has 1 aliphatic rings. The molecule has 2 aromatic rings. The summed E-state index contributed by atoms with van der Waals surface area (Å²) in [6, 6.07) is 9.79. The molecule has 1 fully saturated rings. The average molecular weight is 287 g/mol. The predicted octanol–water partition coefficient (Wildman–Crippen LogP) is 1.08. The van der Waals surface area contributed by atoms with Crippen LogP contribution in [-0.2, 0) is 6.42 Å². The van der Waals surface area contributed by atoms with E-state index in [0.717, 1.165) is 37.2 Å². The molecule has 3 N–H and O–H groups in total. The Balaban J connectivity index is 1.90. The van der Waals surface area contributed by atoms with E-state index < -0.39 is 0 Å². The molecule has 6 nitrogen and oxygen atoms in total. The number of nitrogens with two attached hydrogens (primary N) is 1. The first kappa shape index (κ1) is 14.2. The van der Waals surface area contributed by atoms with E-state index in [0.29, 0.717) is 13.0 Å². The third kappa shape index (κ3) is 2.69. The van der Waals surface area contributed by atoms with Gasteiger partial charge in [0.2, 0.25) is 0 Å². The van der Waals surface area contributed by atoms with Crippen molar-refractivity contribution in [1.82, 2.24) is 20.2 Å². The molecule has 3 rings (SSSR count). The first-order valence-electron chi connectivity index (χ1n) is 7.46. The van der Waals surface area contributed by atoms with Crippen LogP contribution in [0.15, 0.2) is 30.3 Å². The van der Waals surface area contributed by atoms with E-state index in [1.54, 1.807) is 4.68 Å². The standard InChI is InChI=1S/C15H21N5O/c16-11-15(9-5-4-8-13(15)21)10-14-17-18-19-20(14)12-6-2-1-3-7-12/h1-3,6-7,13,21H,4-5,8-11,16H2. The number of benzene rings is 1. The summed E-state index contributed by atoms with van der Waals surface area (Å²) >= 11 is 0. The van der Waals surface area contributed by atoms with Crippen LogP contribution in [0.25, 0.3) is 5.69 Å². The number of tetrazole rings is 1. The molecule has 0 radical (unpaired) electrons. The van der Waals surface area contributed by atoms with Crippen LogP contribution in [0.4, 0.5) is 0 Å². The first-order valence-corrected chi connectivity index (χ1v) is 7.46. The molecule has 112 valence electrons. The van der Waals surface area contributed by atoms with Gasteiger partial charge in [-0.1, -0.05) is 31.0 Å². The minimum atomic E-state index is -0.378. The normalized spacial score (nSPS) is 25.9. The summed E-state index contributed by atoms with van der Waals surface area (Å²) in [6.07, 6.45) is 4.12. The van der Waals surface area contributed by atoms with Crippen molar-refractivity contribution < 1.29 is 5.11 Å². The third-order valence-electron chi connectivity index (χ3n) is 4.56. The van der Waals surface area contributed by atoms with Gasteiger partial charge >= 0.3 is 0 Å². The Morgan fingerprint density at radius 1 is 1.29 bits per heavy atom. The van der Waals surface area contributed by atoms with E-state index >= 15 is 0 Å². The highest BCUT2D eigenvalue weighted by atomic mass is 16.3. The van der Waals surface area contributed by atoms with Gasteiger partial charge < -0.3 is 10.8 Å².